The van der Waals surface area contributed by atoms with Gasteiger partial charge in [-0.05, 0) is 61.4 Å². The van der Waals surface area contributed by atoms with Crippen LogP contribution >= 0.6 is 11.6 Å². The highest BCUT2D eigenvalue weighted by Gasteiger charge is 2.22. The van der Waals surface area contributed by atoms with Gasteiger partial charge in [0.1, 0.15) is 5.75 Å². The molecule has 0 spiro atoms. The molecule has 1 saturated carbocycles. The molecule has 0 aliphatic heterocycles. The molecule has 1 N–H and O–H groups in total. The third-order valence-corrected chi connectivity index (χ3v) is 4.30. The van der Waals surface area contributed by atoms with Crippen LogP contribution in [0.2, 0.25) is 5.02 Å². The van der Waals surface area contributed by atoms with Crippen LogP contribution in [0.5, 0.6) is 5.75 Å². The summed E-state index contributed by atoms with van der Waals surface area (Å²) in [5, 5.41) is 4.39. The Kier molecular flexibility index (Phi) is 5.12. The molecule has 2 nitrogen and oxygen atoms in total. The molecule has 1 aliphatic rings. The van der Waals surface area contributed by atoms with Crippen LogP contribution in [0.25, 0.3) is 0 Å². The molecule has 0 aromatic heterocycles. The second-order valence-corrected chi connectivity index (χ2v) is 6.23. The Morgan fingerprint density at radius 2 is 2.05 bits per heavy atom. The van der Waals surface area contributed by atoms with Gasteiger partial charge in [-0.25, -0.2) is 0 Å². The van der Waals surface area contributed by atoms with Gasteiger partial charge in [0.05, 0.1) is 7.11 Å². The number of hydrogen-bond donors (Lipinski definition) is 1. The molecule has 1 aliphatic carbocycles. The summed E-state index contributed by atoms with van der Waals surface area (Å²) in [5.41, 5.74) is 1.21. The Bertz CT molecular complexity index is 417. The van der Waals surface area contributed by atoms with E-state index in [1.165, 1.54) is 18.4 Å². The zero-order chi connectivity index (χ0) is 13.8. The molecule has 0 amide bonds. The van der Waals surface area contributed by atoms with Gasteiger partial charge in [-0.3, -0.25) is 0 Å². The number of hydrogen-bond acceptors (Lipinski definition) is 2. The largest absolute Gasteiger partial charge is 0.496 e. The lowest BCUT2D eigenvalue weighted by atomic mass is 9.89. The first-order chi connectivity index (χ1) is 9.10. The molecule has 2 rings (SSSR count). The fourth-order valence-corrected chi connectivity index (χ4v) is 2.49. The van der Waals surface area contributed by atoms with E-state index in [2.05, 4.69) is 19.2 Å². The summed E-state index contributed by atoms with van der Waals surface area (Å²) in [5.74, 6) is 2.21. The molecule has 1 aromatic rings. The van der Waals surface area contributed by atoms with Gasteiger partial charge in [0.2, 0.25) is 0 Å². The van der Waals surface area contributed by atoms with E-state index in [-0.39, 0.29) is 0 Å². The Morgan fingerprint density at radius 1 is 1.32 bits per heavy atom. The van der Waals surface area contributed by atoms with Gasteiger partial charge in [0, 0.05) is 11.1 Å². The van der Waals surface area contributed by atoms with Crippen LogP contribution in [0, 0.1) is 11.8 Å². The van der Waals surface area contributed by atoms with E-state index in [1.807, 2.05) is 18.2 Å². The van der Waals surface area contributed by atoms with E-state index in [0.29, 0.717) is 11.8 Å². The molecule has 3 heteroatoms. The number of halogens is 1. The van der Waals surface area contributed by atoms with Crippen molar-refractivity contribution in [1.29, 1.82) is 0 Å². The summed E-state index contributed by atoms with van der Waals surface area (Å²) in [4.78, 5) is 0. The Labute approximate surface area is 121 Å². The SMILES string of the molecule is COc1ccc(Cl)cc1CC(C)C(C)CNC1CC1. The smallest absolute Gasteiger partial charge is 0.122 e. The average molecular weight is 282 g/mol. The molecule has 2 unspecified atom stereocenters. The van der Waals surface area contributed by atoms with Crippen molar-refractivity contribution in [3.63, 3.8) is 0 Å². The summed E-state index contributed by atoms with van der Waals surface area (Å²) in [7, 11) is 1.72. The van der Waals surface area contributed by atoms with Crippen molar-refractivity contribution in [1.82, 2.24) is 5.32 Å². The molecule has 0 saturated heterocycles. The highest BCUT2D eigenvalue weighted by atomic mass is 35.5. The van der Waals surface area contributed by atoms with E-state index in [0.717, 1.165) is 29.8 Å². The zero-order valence-corrected chi connectivity index (χ0v) is 12.8. The van der Waals surface area contributed by atoms with Crippen molar-refractivity contribution in [2.75, 3.05) is 13.7 Å². The van der Waals surface area contributed by atoms with Crippen molar-refractivity contribution in [2.24, 2.45) is 11.8 Å². The van der Waals surface area contributed by atoms with E-state index in [1.54, 1.807) is 7.11 Å². The molecular weight excluding hydrogens is 258 g/mol. The Balaban J connectivity index is 1.92. The highest BCUT2D eigenvalue weighted by molar-refractivity contribution is 6.30. The zero-order valence-electron chi connectivity index (χ0n) is 12.1. The second kappa shape index (κ2) is 6.62. The van der Waals surface area contributed by atoms with Gasteiger partial charge < -0.3 is 10.1 Å². The molecule has 106 valence electrons. The van der Waals surface area contributed by atoms with Crippen molar-refractivity contribution in [3.8, 4) is 5.75 Å². The predicted molar refractivity (Wildman–Crippen MR) is 81.1 cm³/mol. The van der Waals surface area contributed by atoms with Gasteiger partial charge in [0.15, 0.2) is 0 Å². The van der Waals surface area contributed by atoms with E-state index >= 15 is 0 Å². The van der Waals surface area contributed by atoms with Crippen molar-refractivity contribution in [2.45, 2.75) is 39.2 Å². The number of methoxy groups -OCH3 is 1. The third-order valence-electron chi connectivity index (χ3n) is 4.06. The number of rotatable bonds is 7. The first-order valence-electron chi connectivity index (χ1n) is 7.16. The Morgan fingerprint density at radius 3 is 2.68 bits per heavy atom. The quantitative estimate of drug-likeness (QED) is 0.818. The molecule has 19 heavy (non-hydrogen) atoms. The van der Waals surface area contributed by atoms with E-state index < -0.39 is 0 Å². The molecule has 1 aromatic carbocycles. The lowest BCUT2D eigenvalue weighted by Gasteiger charge is -2.21. The van der Waals surface area contributed by atoms with E-state index in [4.69, 9.17) is 16.3 Å². The van der Waals surface area contributed by atoms with Crippen molar-refractivity contribution < 1.29 is 4.74 Å². The summed E-state index contributed by atoms with van der Waals surface area (Å²) in [6.07, 6.45) is 3.71. The van der Waals surface area contributed by atoms with E-state index in [9.17, 15) is 0 Å². The number of ether oxygens (including phenoxy) is 1. The molecule has 0 radical (unpaired) electrons. The molecular formula is C16H24ClNO. The summed E-state index contributed by atoms with van der Waals surface area (Å²) >= 11 is 6.08. The lowest BCUT2D eigenvalue weighted by Crippen LogP contribution is -2.27. The fourth-order valence-electron chi connectivity index (χ4n) is 2.30. The summed E-state index contributed by atoms with van der Waals surface area (Å²) in [6.45, 7) is 5.73. The van der Waals surface area contributed by atoms with Gasteiger partial charge in [-0.2, -0.15) is 0 Å². The van der Waals surface area contributed by atoms with Gasteiger partial charge in [-0.1, -0.05) is 25.4 Å². The minimum Gasteiger partial charge on any atom is -0.496 e. The summed E-state index contributed by atoms with van der Waals surface area (Å²) < 4.78 is 5.41. The first-order valence-corrected chi connectivity index (χ1v) is 7.53. The maximum Gasteiger partial charge on any atom is 0.122 e. The van der Waals surface area contributed by atoms with Crippen molar-refractivity contribution >= 4 is 11.6 Å². The van der Waals surface area contributed by atoms with Gasteiger partial charge in [0.25, 0.3) is 0 Å². The predicted octanol–water partition coefficient (Wildman–Crippen LogP) is 3.92. The van der Waals surface area contributed by atoms with Crippen LogP contribution < -0.4 is 10.1 Å². The molecule has 1 fully saturated rings. The third kappa shape index (κ3) is 4.39. The standard InChI is InChI=1S/C16H24ClNO/c1-11(12(2)10-18-15-5-6-15)8-13-9-14(17)4-7-16(13)19-3/h4,7,9,11-12,15,18H,5-6,8,10H2,1-3H3. The highest BCUT2D eigenvalue weighted by Crippen LogP contribution is 2.27. The first kappa shape index (κ1) is 14.7. The summed E-state index contributed by atoms with van der Waals surface area (Å²) in [6, 6.07) is 6.65. The fraction of sp³-hybridized carbons (Fsp3) is 0.625. The van der Waals surface area contributed by atoms with Crippen LogP contribution in [-0.4, -0.2) is 19.7 Å². The number of nitrogens with one attached hydrogen (secondary N) is 1. The van der Waals surface area contributed by atoms with Gasteiger partial charge in [-0.15, -0.1) is 0 Å². The molecule has 2 atom stereocenters. The van der Waals surface area contributed by atoms with Crippen LogP contribution in [0.1, 0.15) is 32.3 Å². The average Bonchev–Trinajstić information content (AvgIpc) is 3.20. The normalized spacial score (nSPS) is 18.1. The van der Waals surface area contributed by atoms with Crippen LogP contribution in [0.4, 0.5) is 0 Å². The van der Waals surface area contributed by atoms with Crippen LogP contribution in [-0.2, 0) is 6.42 Å². The van der Waals surface area contributed by atoms with Crippen LogP contribution in [0.15, 0.2) is 18.2 Å². The van der Waals surface area contributed by atoms with Crippen molar-refractivity contribution in [3.05, 3.63) is 28.8 Å². The minimum atomic E-state index is 0.610. The maximum atomic E-state index is 6.08. The number of benzene rings is 1. The lowest BCUT2D eigenvalue weighted by molar-refractivity contribution is 0.354. The minimum absolute atomic E-state index is 0.610. The molecule has 0 bridgehead atoms. The second-order valence-electron chi connectivity index (χ2n) is 5.80. The Hall–Kier alpha value is -0.730. The van der Waals surface area contributed by atoms with Crippen LogP contribution in [0.3, 0.4) is 0 Å². The topological polar surface area (TPSA) is 21.3 Å². The van der Waals surface area contributed by atoms with Gasteiger partial charge >= 0.3 is 0 Å². The maximum absolute atomic E-state index is 6.08. The monoisotopic (exact) mass is 281 g/mol. The molecule has 0 heterocycles.